The average Bonchev–Trinajstić information content (AvgIpc) is 2.74. The predicted molar refractivity (Wildman–Crippen MR) is 73.5 cm³/mol. The van der Waals surface area contributed by atoms with E-state index >= 15 is 0 Å². The van der Waals surface area contributed by atoms with Crippen molar-refractivity contribution in [1.29, 1.82) is 0 Å². The van der Waals surface area contributed by atoms with Gasteiger partial charge < -0.3 is 10.3 Å². The molecule has 2 rings (SSSR count). The Hall–Kier alpha value is -1.93. The number of nitrogens with one attached hydrogen (secondary N) is 1. The molecule has 1 aromatic heterocycles. The molecule has 0 unspecified atom stereocenters. The third-order valence-corrected chi connectivity index (χ3v) is 4.31. The normalized spacial score (nSPS) is 11.7. The van der Waals surface area contributed by atoms with Crippen molar-refractivity contribution in [1.82, 2.24) is 14.9 Å². The van der Waals surface area contributed by atoms with E-state index in [1.165, 1.54) is 6.07 Å². The van der Waals surface area contributed by atoms with Crippen LogP contribution in [0.5, 0.6) is 0 Å². The number of nitrogens with two attached hydrogens (primary N) is 1. The molecule has 0 aliphatic carbocycles. The van der Waals surface area contributed by atoms with Gasteiger partial charge in [-0.1, -0.05) is 5.16 Å². The highest BCUT2D eigenvalue weighted by Gasteiger charge is 2.16. The number of hydrogen-bond donors (Lipinski definition) is 2. The minimum atomic E-state index is -3.57. The van der Waals surface area contributed by atoms with Crippen molar-refractivity contribution in [3.05, 3.63) is 35.5 Å². The van der Waals surface area contributed by atoms with Gasteiger partial charge in [0, 0.05) is 18.7 Å². The number of hydrogen-bond acceptors (Lipinski definition) is 6. The summed E-state index contributed by atoms with van der Waals surface area (Å²) >= 11 is 0. The van der Waals surface area contributed by atoms with Crippen molar-refractivity contribution in [2.75, 3.05) is 12.3 Å². The lowest BCUT2D eigenvalue weighted by Gasteiger charge is -2.09. The van der Waals surface area contributed by atoms with Crippen LogP contribution in [-0.2, 0) is 16.4 Å². The van der Waals surface area contributed by atoms with Crippen molar-refractivity contribution < 1.29 is 12.9 Å². The molecular weight excluding hydrogens is 280 g/mol. The Bertz CT molecular complexity index is 709. The summed E-state index contributed by atoms with van der Waals surface area (Å²) in [7, 11) is -3.57. The quantitative estimate of drug-likeness (QED) is 0.789. The molecule has 0 radical (unpaired) electrons. The third-order valence-electron chi connectivity index (χ3n) is 2.69. The minimum Gasteiger partial charge on any atom is -0.399 e. The van der Waals surface area contributed by atoms with E-state index in [1.54, 1.807) is 26.0 Å². The van der Waals surface area contributed by atoms with Crippen LogP contribution in [0.3, 0.4) is 0 Å². The fourth-order valence-electron chi connectivity index (χ4n) is 1.79. The number of anilines is 1. The zero-order valence-electron chi connectivity index (χ0n) is 11.3. The molecular formula is C12H16N4O3S. The van der Waals surface area contributed by atoms with Gasteiger partial charge in [-0.15, -0.1) is 0 Å². The van der Waals surface area contributed by atoms with Crippen molar-refractivity contribution in [2.24, 2.45) is 0 Å². The van der Waals surface area contributed by atoms with Crippen LogP contribution in [0, 0.1) is 13.8 Å². The van der Waals surface area contributed by atoms with Gasteiger partial charge in [0.15, 0.2) is 5.82 Å². The second-order valence-corrected chi connectivity index (χ2v) is 6.14. The average molecular weight is 296 g/mol. The smallest absolute Gasteiger partial charge is 0.240 e. The van der Waals surface area contributed by atoms with E-state index in [4.69, 9.17) is 10.3 Å². The zero-order valence-corrected chi connectivity index (χ0v) is 12.1. The summed E-state index contributed by atoms with van der Waals surface area (Å²) in [5, 5.41) is 3.64. The number of benzene rings is 1. The lowest BCUT2D eigenvalue weighted by atomic mass is 10.2. The van der Waals surface area contributed by atoms with E-state index in [0.29, 0.717) is 29.4 Å². The molecule has 20 heavy (non-hydrogen) atoms. The molecule has 2 aromatic rings. The van der Waals surface area contributed by atoms with E-state index in [-0.39, 0.29) is 11.4 Å². The molecule has 0 bridgehead atoms. The zero-order chi connectivity index (χ0) is 14.8. The molecule has 0 amide bonds. The van der Waals surface area contributed by atoms with Crippen LogP contribution in [-0.4, -0.2) is 25.1 Å². The number of aryl methyl sites for hydroxylation is 2. The number of sulfonamides is 1. The van der Waals surface area contributed by atoms with Crippen molar-refractivity contribution in [3.8, 4) is 0 Å². The summed E-state index contributed by atoms with van der Waals surface area (Å²) in [5.74, 6) is 0.927. The first-order valence-electron chi connectivity index (χ1n) is 6.03. The van der Waals surface area contributed by atoms with Crippen molar-refractivity contribution >= 4 is 15.7 Å². The first-order chi connectivity index (χ1) is 9.38. The fourth-order valence-corrected chi connectivity index (χ4v) is 3.04. The maximum Gasteiger partial charge on any atom is 0.240 e. The molecule has 0 atom stereocenters. The molecule has 3 N–H and O–H groups in total. The van der Waals surface area contributed by atoms with Gasteiger partial charge in [-0.3, -0.25) is 0 Å². The summed E-state index contributed by atoms with van der Waals surface area (Å²) in [6, 6.07) is 4.67. The topological polar surface area (TPSA) is 111 Å². The molecule has 0 saturated heterocycles. The Labute approximate surface area is 117 Å². The van der Waals surface area contributed by atoms with Crippen LogP contribution in [0.4, 0.5) is 5.69 Å². The van der Waals surface area contributed by atoms with Crippen LogP contribution < -0.4 is 10.5 Å². The van der Waals surface area contributed by atoms with Gasteiger partial charge in [-0.25, -0.2) is 13.1 Å². The van der Waals surface area contributed by atoms with Crippen LogP contribution in [0.1, 0.15) is 17.3 Å². The largest absolute Gasteiger partial charge is 0.399 e. The highest BCUT2D eigenvalue weighted by Crippen LogP contribution is 2.17. The number of rotatable bonds is 5. The number of nitrogens with zero attached hydrogens (tertiary/aromatic N) is 2. The standard InChI is InChI=1S/C12H16N4O3S/c1-8-7-10(13)3-4-11(8)20(17,18)14-6-5-12-15-9(2)16-19-12/h3-4,7,14H,5-6,13H2,1-2H3. The van der Waals surface area contributed by atoms with Crippen LogP contribution in [0.15, 0.2) is 27.6 Å². The van der Waals surface area contributed by atoms with E-state index in [2.05, 4.69) is 14.9 Å². The van der Waals surface area contributed by atoms with Gasteiger partial charge in [0.2, 0.25) is 15.9 Å². The van der Waals surface area contributed by atoms with E-state index in [9.17, 15) is 8.42 Å². The first kappa shape index (κ1) is 14.5. The Morgan fingerprint density at radius 1 is 1.35 bits per heavy atom. The Morgan fingerprint density at radius 2 is 2.10 bits per heavy atom. The van der Waals surface area contributed by atoms with E-state index < -0.39 is 10.0 Å². The van der Waals surface area contributed by atoms with Gasteiger partial charge in [0.25, 0.3) is 0 Å². The SMILES string of the molecule is Cc1noc(CCNS(=O)(=O)c2ccc(N)cc2C)n1. The molecule has 0 saturated carbocycles. The van der Waals surface area contributed by atoms with E-state index in [0.717, 1.165) is 0 Å². The molecule has 108 valence electrons. The van der Waals surface area contributed by atoms with Crippen molar-refractivity contribution in [3.63, 3.8) is 0 Å². The maximum atomic E-state index is 12.1. The van der Waals surface area contributed by atoms with Gasteiger partial charge in [0.05, 0.1) is 4.90 Å². The first-order valence-corrected chi connectivity index (χ1v) is 7.52. The molecule has 7 nitrogen and oxygen atoms in total. The lowest BCUT2D eigenvalue weighted by Crippen LogP contribution is -2.26. The summed E-state index contributed by atoms with van der Waals surface area (Å²) in [4.78, 5) is 4.22. The maximum absolute atomic E-state index is 12.1. The highest BCUT2D eigenvalue weighted by atomic mass is 32.2. The number of aromatic nitrogens is 2. The van der Waals surface area contributed by atoms with Crippen molar-refractivity contribution in [2.45, 2.75) is 25.2 Å². The molecule has 0 spiro atoms. The summed E-state index contributed by atoms with van der Waals surface area (Å²) in [6.45, 7) is 3.59. The van der Waals surface area contributed by atoms with Crippen LogP contribution >= 0.6 is 0 Å². The minimum absolute atomic E-state index is 0.188. The second-order valence-electron chi connectivity index (χ2n) is 4.41. The Morgan fingerprint density at radius 3 is 2.70 bits per heavy atom. The van der Waals surface area contributed by atoms with Gasteiger partial charge in [0.1, 0.15) is 0 Å². The van der Waals surface area contributed by atoms with Crippen LogP contribution in [0.2, 0.25) is 0 Å². The van der Waals surface area contributed by atoms with Crippen LogP contribution in [0.25, 0.3) is 0 Å². The van der Waals surface area contributed by atoms with Gasteiger partial charge in [-0.05, 0) is 37.6 Å². The summed E-state index contributed by atoms with van der Waals surface area (Å²) < 4.78 is 31.7. The van der Waals surface area contributed by atoms with E-state index in [1.807, 2.05) is 0 Å². The molecule has 8 heteroatoms. The fraction of sp³-hybridized carbons (Fsp3) is 0.333. The van der Waals surface area contributed by atoms with Gasteiger partial charge >= 0.3 is 0 Å². The Balaban J connectivity index is 2.04. The number of nitrogen functional groups attached to an aromatic ring is 1. The summed E-state index contributed by atoms with van der Waals surface area (Å²) in [6.07, 6.45) is 0.341. The molecule has 0 fully saturated rings. The molecule has 0 aliphatic rings. The second kappa shape index (κ2) is 5.59. The molecule has 1 heterocycles. The monoisotopic (exact) mass is 296 g/mol. The summed E-state index contributed by atoms with van der Waals surface area (Å²) in [5.41, 5.74) is 6.74. The van der Waals surface area contributed by atoms with Gasteiger partial charge in [-0.2, -0.15) is 4.98 Å². The molecule has 1 aromatic carbocycles. The predicted octanol–water partition coefficient (Wildman–Crippen LogP) is 0.790. The Kier molecular flexibility index (Phi) is 4.05. The third kappa shape index (κ3) is 3.34. The molecule has 0 aliphatic heterocycles. The lowest BCUT2D eigenvalue weighted by molar-refractivity contribution is 0.375. The highest BCUT2D eigenvalue weighted by molar-refractivity contribution is 7.89.